The Morgan fingerprint density at radius 1 is 1.21 bits per heavy atom. The number of ether oxygens (including phenoxy) is 4. The van der Waals surface area contributed by atoms with Crippen molar-refractivity contribution in [2.75, 3.05) is 40.1 Å². The molecule has 116 valence electrons. The highest BCUT2D eigenvalue weighted by Gasteiger charge is 2.06. The van der Waals surface area contributed by atoms with Gasteiger partial charge >= 0.3 is 5.97 Å². The van der Waals surface area contributed by atoms with Gasteiger partial charge in [-0.15, -0.1) is 0 Å². The highest BCUT2D eigenvalue weighted by atomic mass is 16.6. The first-order valence-electron chi connectivity index (χ1n) is 6.44. The predicted molar refractivity (Wildman–Crippen MR) is 72.1 cm³/mol. The zero-order valence-electron chi connectivity index (χ0n) is 12.7. The van der Waals surface area contributed by atoms with Crippen molar-refractivity contribution >= 4 is 5.97 Å². The second-order valence-corrected chi connectivity index (χ2v) is 3.91. The molecule has 0 aliphatic carbocycles. The minimum absolute atomic E-state index is 0.0692. The van der Waals surface area contributed by atoms with E-state index < -0.39 is 0 Å². The average Bonchev–Trinajstić information content (AvgIpc) is 2.40. The van der Waals surface area contributed by atoms with Crippen molar-refractivity contribution in [1.29, 1.82) is 0 Å². The molecule has 0 aliphatic rings. The van der Waals surface area contributed by atoms with Crippen molar-refractivity contribution < 1.29 is 28.8 Å². The number of esters is 1. The molecule has 0 fully saturated rings. The van der Waals surface area contributed by atoms with Gasteiger partial charge in [0.15, 0.2) is 0 Å². The van der Waals surface area contributed by atoms with E-state index >= 15 is 0 Å². The summed E-state index contributed by atoms with van der Waals surface area (Å²) in [7, 11) is 1.63. The molecule has 6 nitrogen and oxygen atoms in total. The molecular formula is C13H28O6. The van der Waals surface area contributed by atoms with E-state index in [1.807, 2.05) is 20.8 Å². The molecule has 0 aliphatic heterocycles. The fourth-order valence-electron chi connectivity index (χ4n) is 0.860. The lowest BCUT2D eigenvalue weighted by Crippen LogP contribution is -2.23. The number of rotatable bonds is 9. The molecule has 0 bridgehead atoms. The van der Waals surface area contributed by atoms with Gasteiger partial charge in [-0.2, -0.15) is 0 Å². The first-order chi connectivity index (χ1) is 8.97. The number of carbonyl (C=O) groups is 1. The molecule has 0 aromatic carbocycles. The van der Waals surface area contributed by atoms with E-state index in [1.54, 1.807) is 7.11 Å². The highest BCUT2D eigenvalue weighted by Crippen LogP contribution is 1.96. The lowest BCUT2D eigenvalue weighted by molar-refractivity contribution is -0.145. The molecule has 1 N–H and O–H groups in total. The fraction of sp³-hybridized carbons (Fsp3) is 0.923. The van der Waals surface area contributed by atoms with Crippen LogP contribution in [0.4, 0.5) is 0 Å². The van der Waals surface area contributed by atoms with Crippen LogP contribution in [0.15, 0.2) is 0 Å². The summed E-state index contributed by atoms with van der Waals surface area (Å²) in [5, 5.41) is 8.07. The number of aliphatic hydroxyl groups excluding tert-OH is 1. The van der Waals surface area contributed by atoms with E-state index in [9.17, 15) is 4.79 Å². The third-order valence-electron chi connectivity index (χ3n) is 1.98. The molecule has 0 saturated heterocycles. The Kier molecular flexibility index (Phi) is 16.7. The highest BCUT2D eigenvalue weighted by molar-refractivity contribution is 5.65. The molecular weight excluding hydrogens is 252 g/mol. The van der Waals surface area contributed by atoms with Crippen molar-refractivity contribution in [1.82, 2.24) is 0 Å². The maximum Gasteiger partial charge on any atom is 0.302 e. The van der Waals surface area contributed by atoms with Crippen LogP contribution in [-0.2, 0) is 23.7 Å². The van der Waals surface area contributed by atoms with Crippen molar-refractivity contribution in [3.8, 4) is 0 Å². The van der Waals surface area contributed by atoms with E-state index in [1.165, 1.54) is 6.92 Å². The van der Waals surface area contributed by atoms with Crippen LogP contribution in [0.25, 0.3) is 0 Å². The SMILES string of the molecule is CCOCCO.COC(C)COC(C)COC(C)=O. The third-order valence-corrected chi connectivity index (χ3v) is 1.98. The van der Waals surface area contributed by atoms with Crippen molar-refractivity contribution in [3.05, 3.63) is 0 Å². The van der Waals surface area contributed by atoms with Crippen LogP contribution in [0, 0.1) is 0 Å². The van der Waals surface area contributed by atoms with Crippen molar-refractivity contribution in [2.45, 2.75) is 39.9 Å². The molecule has 2 atom stereocenters. The normalized spacial score (nSPS) is 13.2. The molecule has 19 heavy (non-hydrogen) atoms. The largest absolute Gasteiger partial charge is 0.463 e. The van der Waals surface area contributed by atoms with E-state index in [0.717, 1.165) is 0 Å². The zero-order chi connectivity index (χ0) is 15.1. The van der Waals surface area contributed by atoms with Gasteiger partial charge in [-0.3, -0.25) is 4.79 Å². The second-order valence-electron chi connectivity index (χ2n) is 3.91. The average molecular weight is 280 g/mol. The van der Waals surface area contributed by atoms with E-state index in [2.05, 4.69) is 0 Å². The van der Waals surface area contributed by atoms with Crippen LogP contribution in [0.3, 0.4) is 0 Å². The maximum absolute atomic E-state index is 10.4. The number of methoxy groups -OCH3 is 1. The van der Waals surface area contributed by atoms with E-state index in [-0.39, 0.29) is 24.8 Å². The Morgan fingerprint density at radius 3 is 2.21 bits per heavy atom. The van der Waals surface area contributed by atoms with Crippen LogP contribution in [-0.4, -0.2) is 63.4 Å². The Morgan fingerprint density at radius 2 is 1.84 bits per heavy atom. The molecule has 2 unspecified atom stereocenters. The number of hydrogen-bond donors (Lipinski definition) is 1. The van der Waals surface area contributed by atoms with Gasteiger partial charge in [0, 0.05) is 20.6 Å². The number of hydrogen-bond acceptors (Lipinski definition) is 6. The summed E-state index contributed by atoms with van der Waals surface area (Å²) in [6, 6.07) is 0. The molecule has 0 saturated carbocycles. The monoisotopic (exact) mass is 280 g/mol. The lowest BCUT2D eigenvalue weighted by Gasteiger charge is -2.15. The molecule has 0 aromatic heterocycles. The fourth-order valence-corrected chi connectivity index (χ4v) is 0.860. The molecule has 0 amide bonds. The molecule has 0 spiro atoms. The predicted octanol–water partition coefficient (Wildman–Crippen LogP) is 1.00. The summed E-state index contributed by atoms with van der Waals surface area (Å²) in [6.07, 6.45) is -0.0127. The number of aliphatic hydroxyl groups is 1. The van der Waals surface area contributed by atoms with Crippen molar-refractivity contribution in [2.24, 2.45) is 0 Å². The second kappa shape index (κ2) is 15.4. The van der Waals surface area contributed by atoms with Gasteiger partial charge in [0.1, 0.15) is 6.61 Å². The number of carbonyl (C=O) groups excluding carboxylic acids is 1. The van der Waals surface area contributed by atoms with E-state index in [0.29, 0.717) is 26.4 Å². The summed E-state index contributed by atoms with van der Waals surface area (Å²) >= 11 is 0. The van der Waals surface area contributed by atoms with Crippen molar-refractivity contribution in [3.63, 3.8) is 0 Å². The van der Waals surface area contributed by atoms with Gasteiger partial charge in [-0.05, 0) is 20.8 Å². The van der Waals surface area contributed by atoms with Crippen LogP contribution >= 0.6 is 0 Å². The van der Waals surface area contributed by atoms with Gasteiger partial charge in [0.05, 0.1) is 32.0 Å². The molecule has 0 heterocycles. The van der Waals surface area contributed by atoms with Gasteiger partial charge < -0.3 is 24.1 Å². The van der Waals surface area contributed by atoms with Gasteiger partial charge in [-0.25, -0.2) is 0 Å². The minimum Gasteiger partial charge on any atom is -0.463 e. The molecule has 6 heteroatoms. The quantitative estimate of drug-likeness (QED) is 0.502. The zero-order valence-corrected chi connectivity index (χ0v) is 12.7. The topological polar surface area (TPSA) is 74.2 Å². The maximum atomic E-state index is 10.4. The van der Waals surface area contributed by atoms with Gasteiger partial charge in [0.25, 0.3) is 0 Å². The first-order valence-corrected chi connectivity index (χ1v) is 6.44. The Balaban J connectivity index is 0. The van der Waals surface area contributed by atoms with Gasteiger partial charge in [0.2, 0.25) is 0 Å². The summed E-state index contributed by atoms with van der Waals surface area (Å²) < 4.78 is 19.8. The van der Waals surface area contributed by atoms with E-state index in [4.69, 9.17) is 24.1 Å². The Labute approximate surface area is 116 Å². The molecule has 0 rings (SSSR count). The molecule has 0 aromatic rings. The Hall–Kier alpha value is -0.690. The summed E-state index contributed by atoms with van der Waals surface area (Å²) in [6.45, 7) is 9.15. The smallest absolute Gasteiger partial charge is 0.302 e. The van der Waals surface area contributed by atoms with Crippen LogP contribution < -0.4 is 0 Å². The standard InChI is InChI=1S/C9H18O4.C4H10O2/c1-7(11-4)5-12-8(2)6-13-9(3)10;1-2-6-4-3-5/h7-8H,5-6H2,1-4H3;5H,2-4H2,1H3. The third kappa shape index (κ3) is 19.8. The molecule has 0 radical (unpaired) electrons. The Bertz CT molecular complexity index is 194. The minimum atomic E-state index is -0.282. The van der Waals surface area contributed by atoms with Crippen LogP contribution in [0.5, 0.6) is 0 Å². The van der Waals surface area contributed by atoms with Gasteiger partial charge in [-0.1, -0.05) is 0 Å². The first kappa shape index (κ1) is 20.6. The summed E-state index contributed by atoms with van der Waals surface area (Å²) in [4.78, 5) is 10.4. The summed E-state index contributed by atoms with van der Waals surface area (Å²) in [5.74, 6) is -0.282. The van der Waals surface area contributed by atoms with Crippen LogP contribution in [0.1, 0.15) is 27.7 Å². The summed E-state index contributed by atoms with van der Waals surface area (Å²) in [5.41, 5.74) is 0. The van der Waals surface area contributed by atoms with Crippen LogP contribution in [0.2, 0.25) is 0 Å². The lowest BCUT2D eigenvalue weighted by atomic mass is 10.4.